The van der Waals surface area contributed by atoms with E-state index in [9.17, 15) is 4.79 Å². The third-order valence-corrected chi connectivity index (χ3v) is 5.02. The monoisotopic (exact) mass is 502 g/mol. The van der Waals surface area contributed by atoms with Crippen molar-refractivity contribution in [3.05, 3.63) is 59.4 Å². The molecular weight excluding hydrogens is 464 g/mol. The summed E-state index contributed by atoms with van der Waals surface area (Å²) in [5, 5.41) is 0. The highest BCUT2D eigenvalue weighted by molar-refractivity contribution is 5.91. The average Bonchev–Trinajstić information content (AvgIpc) is 2.90. The van der Waals surface area contributed by atoms with Crippen LogP contribution in [0.25, 0.3) is 6.08 Å². The molecule has 0 atom stereocenters. The minimum atomic E-state index is -0.527. The second-order valence-electron chi connectivity index (χ2n) is 7.75. The predicted octanol–water partition coefficient (Wildman–Crippen LogP) is 5.04. The lowest BCUT2D eigenvalue weighted by atomic mass is 10.1. The molecule has 0 radical (unpaired) electrons. The molecule has 0 aliphatic heterocycles. The molecule has 36 heavy (non-hydrogen) atoms. The van der Waals surface area contributed by atoms with Crippen LogP contribution in [0.5, 0.6) is 17.2 Å². The number of unbranched alkanes of at least 4 members (excludes halogenated alkanes) is 1. The van der Waals surface area contributed by atoms with Crippen molar-refractivity contribution in [3.63, 3.8) is 0 Å². The molecular formula is C28H38O8. The van der Waals surface area contributed by atoms with Gasteiger partial charge in [0.2, 0.25) is 5.76 Å². The highest BCUT2D eigenvalue weighted by Crippen LogP contribution is 2.30. The molecule has 2 rings (SSSR count). The Labute approximate surface area is 214 Å². The molecule has 0 heterocycles. The van der Waals surface area contributed by atoms with E-state index >= 15 is 0 Å². The van der Waals surface area contributed by atoms with E-state index in [1.165, 1.54) is 7.11 Å². The van der Waals surface area contributed by atoms with Gasteiger partial charge in [-0.1, -0.05) is 31.5 Å². The van der Waals surface area contributed by atoms with Crippen LogP contribution in [0.4, 0.5) is 0 Å². The molecule has 8 heteroatoms. The lowest BCUT2D eigenvalue weighted by Gasteiger charge is -2.14. The van der Waals surface area contributed by atoms with Gasteiger partial charge in [0.15, 0.2) is 18.3 Å². The van der Waals surface area contributed by atoms with Crippen LogP contribution < -0.4 is 14.2 Å². The lowest BCUT2D eigenvalue weighted by molar-refractivity contribution is -0.139. The summed E-state index contributed by atoms with van der Waals surface area (Å²) in [7, 11) is 2.95. The Bertz CT molecular complexity index is 924. The van der Waals surface area contributed by atoms with E-state index < -0.39 is 5.97 Å². The fourth-order valence-electron chi connectivity index (χ4n) is 3.08. The van der Waals surface area contributed by atoms with Crippen LogP contribution in [0.15, 0.2) is 48.2 Å². The van der Waals surface area contributed by atoms with Gasteiger partial charge in [-0.2, -0.15) is 0 Å². The SMILES string of the molecule is CCCCOc1cc(/C=C(\OCC)C(=O)OC)ccc1OCCc1ccc(OCOCCOC)cc1. The summed E-state index contributed by atoms with van der Waals surface area (Å²) in [5.41, 5.74) is 1.87. The van der Waals surface area contributed by atoms with Gasteiger partial charge < -0.3 is 33.2 Å². The van der Waals surface area contributed by atoms with E-state index in [4.69, 9.17) is 33.2 Å². The van der Waals surface area contributed by atoms with Gasteiger partial charge >= 0.3 is 5.97 Å². The largest absolute Gasteiger partial charge is 0.490 e. The Morgan fingerprint density at radius 1 is 0.861 bits per heavy atom. The van der Waals surface area contributed by atoms with Crippen LogP contribution in [-0.2, 0) is 30.2 Å². The summed E-state index contributed by atoms with van der Waals surface area (Å²) in [6.07, 6.45) is 4.30. The summed E-state index contributed by atoms with van der Waals surface area (Å²) < 4.78 is 38.0. The Morgan fingerprint density at radius 2 is 1.64 bits per heavy atom. The van der Waals surface area contributed by atoms with Gasteiger partial charge in [-0.3, -0.25) is 0 Å². The molecule has 0 aliphatic rings. The zero-order valence-electron chi connectivity index (χ0n) is 21.7. The summed E-state index contributed by atoms with van der Waals surface area (Å²) in [6.45, 7) is 6.54. The first-order valence-corrected chi connectivity index (χ1v) is 12.2. The number of benzene rings is 2. The Kier molecular flexibility index (Phi) is 13.9. The van der Waals surface area contributed by atoms with Crippen LogP contribution >= 0.6 is 0 Å². The van der Waals surface area contributed by atoms with Gasteiger partial charge in [0.05, 0.1) is 40.1 Å². The maximum atomic E-state index is 12.0. The van der Waals surface area contributed by atoms with Crippen molar-refractivity contribution in [2.75, 3.05) is 54.0 Å². The standard InChI is InChI=1S/C28H38O8/c1-5-7-15-34-26-19-23(20-27(33-6-2)28(29)31-4)10-13-25(26)35-16-14-22-8-11-24(12-9-22)36-21-32-18-17-30-3/h8-13,19-20H,5-7,14-18,21H2,1-4H3/b27-20-. The van der Waals surface area contributed by atoms with Gasteiger partial charge in [0.25, 0.3) is 0 Å². The van der Waals surface area contributed by atoms with E-state index in [1.807, 2.05) is 49.4 Å². The van der Waals surface area contributed by atoms with Crippen molar-refractivity contribution in [1.82, 2.24) is 0 Å². The molecule has 0 spiro atoms. The third-order valence-electron chi connectivity index (χ3n) is 5.02. The Balaban J connectivity index is 1.99. The molecule has 0 amide bonds. The molecule has 0 saturated heterocycles. The number of carbonyl (C=O) groups excluding carboxylic acids is 1. The van der Waals surface area contributed by atoms with E-state index in [0.29, 0.717) is 44.5 Å². The van der Waals surface area contributed by atoms with E-state index in [1.54, 1.807) is 13.2 Å². The smallest absolute Gasteiger partial charge is 0.373 e. The van der Waals surface area contributed by atoms with E-state index in [0.717, 1.165) is 36.1 Å². The van der Waals surface area contributed by atoms with E-state index in [2.05, 4.69) is 6.92 Å². The summed E-state index contributed by atoms with van der Waals surface area (Å²) >= 11 is 0. The molecule has 0 bridgehead atoms. The maximum Gasteiger partial charge on any atom is 0.373 e. The molecule has 0 saturated carbocycles. The average molecular weight is 503 g/mol. The predicted molar refractivity (Wildman–Crippen MR) is 137 cm³/mol. The van der Waals surface area contributed by atoms with Crippen LogP contribution in [0.1, 0.15) is 37.8 Å². The molecule has 8 nitrogen and oxygen atoms in total. The fourth-order valence-corrected chi connectivity index (χ4v) is 3.08. The first kappa shape index (κ1) is 29.0. The number of rotatable bonds is 18. The second-order valence-corrected chi connectivity index (χ2v) is 7.75. The minimum Gasteiger partial charge on any atom is -0.490 e. The molecule has 0 aliphatic carbocycles. The summed E-state index contributed by atoms with van der Waals surface area (Å²) in [5.74, 6) is 1.62. The van der Waals surface area contributed by atoms with Crippen molar-refractivity contribution in [1.29, 1.82) is 0 Å². The quantitative estimate of drug-likeness (QED) is 0.0922. The minimum absolute atomic E-state index is 0.141. The van der Waals surface area contributed by atoms with Crippen molar-refractivity contribution in [2.24, 2.45) is 0 Å². The van der Waals surface area contributed by atoms with Gasteiger partial charge in [0.1, 0.15) is 5.75 Å². The normalized spacial score (nSPS) is 11.2. The highest BCUT2D eigenvalue weighted by Gasteiger charge is 2.13. The summed E-state index contributed by atoms with van der Waals surface area (Å²) in [6, 6.07) is 13.4. The maximum absolute atomic E-state index is 12.0. The number of carbonyl (C=O) groups is 1. The van der Waals surface area contributed by atoms with Gasteiger partial charge in [-0.25, -0.2) is 4.79 Å². The molecule has 0 N–H and O–H groups in total. The zero-order chi connectivity index (χ0) is 26.0. The van der Waals surface area contributed by atoms with Crippen LogP contribution in [-0.4, -0.2) is 60.0 Å². The number of ether oxygens (including phenoxy) is 7. The van der Waals surface area contributed by atoms with Crippen LogP contribution in [0.2, 0.25) is 0 Å². The summed E-state index contributed by atoms with van der Waals surface area (Å²) in [4.78, 5) is 12.0. The third kappa shape index (κ3) is 10.6. The number of hydrogen-bond donors (Lipinski definition) is 0. The second kappa shape index (κ2) is 17.2. The molecule has 2 aromatic rings. The Morgan fingerprint density at radius 3 is 2.33 bits per heavy atom. The zero-order valence-corrected chi connectivity index (χ0v) is 21.7. The van der Waals surface area contributed by atoms with Crippen LogP contribution in [0, 0.1) is 0 Å². The van der Waals surface area contributed by atoms with Crippen molar-refractivity contribution in [3.8, 4) is 17.2 Å². The first-order valence-electron chi connectivity index (χ1n) is 12.2. The van der Waals surface area contributed by atoms with E-state index in [-0.39, 0.29) is 12.6 Å². The topological polar surface area (TPSA) is 81.7 Å². The van der Waals surface area contributed by atoms with Crippen molar-refractivity contribution < 1.29 is 38.0 Å². The molecule has 198 valence electrons. The Hall–Kier alpha value is -3.23. The molecule has 0 fully saturated rings. The lowest BCUT2D eigenvalue weighted by Crippen LogP contribution is -2.08. The van der Waals surface area contributed by atoms with Gasteiger partial charge in [-0.15, -0.1) is 0 Å². The number of hydrogen-bond acceptors (Lipinski definition) is 8. The van der Waals surface area contributed by atoms with Gasteiger partial charge in [-0.05, 0) is 54.8 Å². The number of methoxy groups -OCH3 is 2. The number of esters is 1. The van der Waals surface area contributed by atoms with Crippen molar-refractivity contribution in [2.45, 2.75) is 33.1 Å². The van der Waals surface area contributed by atoms with Crippen LogP contribution in [0.3, 0.4) is 0 Å². The van der Waals surface area contributed by atoms with Crippen molar-refractivity contribution >= 4 is 12.0 Å². The fraction of sp³-hybridized carbons (Fsp3) is 0.464. The first-order chi connectivity index (χ1) is 17.6. The molecule has 0 unspecified atom stereocenters. The van der Waals surface area contributed by atoms with Gasteiger partial charge in [0, 0.05) is 13.5 Å². The molecule has 0 aromatic heterocycles. The molecule has 2 aromatic carbocycles. The highest BCUT2D eigenvalue weighted by atomic mass is 16.7.